The van der Waals surface area contributed by atoms with Crippen LogP contribution in [0.3, 0.4) is 0 Å². The summed E-state index contributed by atoms with van der Waals surface area (Å²) in [5.41, 5.74) is 1.57. The van der Waals surface area contributed by atoms with Crippen LogP contribution in [0.5, 0.6) is 17.2 Å². The molecule has 0 bridgehead atoms. The number of rotatable bonds is 4. The van der Waals surface area contributed by atoms with Gasteiger partial charge >= 0.3 is 0 Å². The molecule has 1 aliphatic heterocycles. The highest BCUT2D eigenvalue weighted by atomic mass is 16.5. The van der Waals surface area contributed by atoms with Gasteiger partial charge in [-0.15, -0.1) is 0 Å². The maximum Gasteiger partial charge on any atom is 0.170 e. The Morgan fingerprint density at radius 1 is 1.09 bits per heavy atom. The normalized spacial score (nSPS) is 16.7. The fraction of sp³-hybridized carbons (Fsp3) is 0.316. The molecule has 0 saturated heterocycles. The lowest BCUT2D eigenvalue weighted by atomic mass is 9.96. The topological polar surface area (TPSA) is 44.8 Å². The minimum Gasteiger partial charge on any atom is -0.497 e. The molecule has 0 radical (unpaired) electrons. The first-order valence-electron chi connectivity index (χ1n) is 7.71. The number of Topliss-reactive ketones (excluding diaryl/α,β-unsaturated/α-hetero) is 1. The highest BCUT2D eigenvalue weighted by molar-refractivity contribution is 6.00. The van der Waals surface area contributed by atoms with Gasteiger partial charge in [0, 0.05) is 6.07 Å². The summed E-state index contributed by atoms with van der Waals surface area (Å²) in [6.45, 7) is 3.93. The third-order valence-electron chi connectivity index (χ3n) is 3.75. The molecule has 1 atom stereocenters. The third-order valence-corrected chi connectivity index (χ3v) is 3.75. The summed E-state index contributed by atoms with van der Waals surface area (Å²) in [5, 5.41) is 0. The Labute approximate surface area is 136 Å². The van der Waals surface area contributed by atoms with E-state index in [1.807, 2.05) is 44.2 Å². The number of fused-ring (bicyclic) bond motifs is 1. The zero-order chi connectivity index (χ0) is 16.4. The average Bonchev–Trinajstić information content (AvgIpc) is 2.54. The molecule has 0 fully saturated rings. The molecule has 23 heavy (non-hydrogen) atoms. The number of ether oxygens (including phenoxy) is 3. The van der Waals surface area contributed by atoms with Crippen molar-refractivity contribution in [2.45, 2.75) is 32.5 Å². The van der Waals surface area contributed by atoms with E-state index in [-0.39, 0.29) is 18.0 Å². The van der Waals surface area contributed by atoms with Gasteiger partial charge in [-0.2, -0.15) is 0 Å². The smallest absolute Gasteiger partial charge is 0.170 e. The summed E-state index contributed by atoms with van der Waals surface area (Å²) in [5.74, 6) is 2.16. The van der Waals surface area contributed by atoms with Crippen molar-refractivity contribution >= 4 is 5.78 Å². The van der Waals surface area contributed by atoms with E-state index in [1.165, 1.54) is 0 Å². The van der Waals surface area contributed by atoms with Crippen LogP contribution in [0.15, 0.2) is 42.5 Å². The van der Waals surface area contributed by atoms with E-state index >= 15 is 0 Å². The number of hydrogen-bond acceptors (Lipinski definition) is 4. The molecule has 0 spiro atoms. The van der Waals surface area contributed by atoms with Crippen LogP contribution in [-0.4, -0.2) is 19.0 Å². The minimum absolute atomic E-state index is 0.0738. The Bertz CT molecular complexity index is 704. The van der Waals surface area contributed by atoms with E-state index in [9.17, 15) is 4.79 Å². The molecule has 120 valence electrons. The molecule has 1 aliphatic rings. The molecule has 4 nitrogen and oxygen atoms in total. The Morgan fingerprint density at radius 2 is 1.78 bits per heavy atom. The number of benzene rings is 2. The molecule has 4 heteroatoms. The van der Waals surface area contributed by atoms with Gasteiger partial charge in [-0.3, -0.25) is 4.79 Å². The van der Waals surface area contributed by atoms with Gasteiger partial charge in [-0.05, 0) is 43.7 Å². The summed E-state index contributed by atoms with van der Waals surface area (Å²) in [4.78, 5) is 12.4. The molecular formula is C19H20O4. The first kappa shape index (κ1) is 15.4. The number of methoxy groups -OCH3 is 1. The quantitative estimate of drug-likeness (QED) is 0.849. The predicted molar refractivity (Wildman–Crippen MR) is 87.5 cm³/mol. The van der Waals surface area contributed by atoms with E-state index in [0.717, 1.165) is 11.3 Å². The molecule has 0 aliphatic carbocycles. The van der Waals surface area contributed by atoms with Crippen LogP contribution in [0.4, 0.5) is 0 Å². The zero-order valence-electron chi connectivity index (χ0n) is 13.5. The second-order valence-electron chi connectivity index (χ2n) is 5.83. The highest BCUT2D eigenvalue weighted by Gasteiger charge is 2.28. The zero-order valence-corrected chi connectivity index (χ0v) is 13.5. The standard InChI is InChI=1S/C19H20O4/c1-12(2)22-15-8-9-16-17(20)11-18(23-19(16)10-15)13-4-6-14(21-3)7-5-13/h4-10,12,18H,11H2,1-3H3. The molecular weight excluding hydrogens is 292 g/mol. The molecule has 0 aromatic heterocycles. The Morgan fingerprint density at radius 3 is 2.43 bits per heavy atom. The van der Waals surface area contributed by atoms with Crippen LogP contribution in [0, 0.1) is 0 Å². The van der Waals surface area contributed by atoms with Crippen molar-refractivity contribution in [3.63, 3.8) is 0 Å². The predicted octanol–water partition coefficient (Wildman–Crippen LogP) is 4.19. The van der Waals surface area contributed by atoms with Gasteiger partial charge in [0.2, 0.25) is 0 Å². The van der Waals surface area contributed by atoms with Crippen molar-refractivity contribution in [2.75, 3.05) is 7.11 Å². The van der Waals surface area contributed by atoms with Gasteiger partial charge in [0.1, 0.15) is 23.4 Å². The van der Waals surface area contributed by atoms with Gasteiger partial charge in [0.15, 0.2) is 5.78 Å². The fourth-order valence-corrected chi connectivity index (χ4v) is 2.65. The summed E-state index contributed by atoms with van der Waals surface area (Å²) in [6.07, 6.45) is 0.129. The Hall–Kier alpha value is -2.49. The lowest BCUT2D eigenvalue weighted by Crippen LogP contribution is -2.20. The van der Waals surface area contributed by atoms with Crippen LogP contribution in [-0.2, 0) is 0 Å². The molecule has 3 rings (SSSR count). The lowest BCUT2D eigenvalue weighted by molar-refractivity contribution is 0.0849. The second kappa shape index (κ2) is 6.32. The van der Waals surface area contributed by atoms with Gasteiger partial charge in [-0.1, -0.05) is 12.1 Å². The van der Waals surface area contributed by atoms with E-state index in [4.69, 9.17) is 14.2 Å². The lowest BCUT2D eigenvalue weighted by Gasteiger charge is -2.26. The maximum atomic E-state index is 12.4. The number of carbonyl (C=O) groups is 1. The van der Waals surface area contributed by atoms with E-state index < -0.39 is 0 Å². The van der Waals surface area contributed by atoms with Crippen molar-refractivity contribution in [3.05, 3.63) is 53.6 Å². The average molecular weight is 312 g/mol. The van der Waals surface area contributed by atoms with Crippen molar-refractivity contribution in [1.82, 2.24) is 0 Å². The largest absolute Gasteiger partial charge is 0.497 e. The van der Waals surface area contributed by atoms with Crippen molar-refractivity contribution in [1.29, 1.82) is 0 Å². The summed E-state index contributed by atoms with van der Waals surface area (Å²) >= 11 is 0. The summed E-state index contributed by atoms with van der Waals surface area (Å²) in [6, 6.07) is 13.0. The first-order valence-corrected chi connectivity index (χ1v) is 7.71. The van der Waals surface area contributed by atoms with E-state index in [0.29, 0.717) is 23.5 Å². The fourth-order valence-electron chi connectivity index (χ4n) is 2.65. The molecule has 0 N–H and O–H groups in total. The molecule has 1 heterocycles. The Kier molecular flexibility index (Phi) is 4.24. The SMILES string of the molecule is COc1ccc(C2CC(=O)c3ccc(OC(C)C)cc3O2)cc1. The molecule has 0 saturated carbocycles. The number of ketones is 1. The van der Waals surface area contributed by atoms with Gasteiger partial charge in [-0.25, -0.2) is 0 Å². The Balaban J connectivity index is 1.87. The summed E-state index contributed by atoms with van der Waals surface area (Å²) in [7, 11) is 1.63. The molecule has 2 aromatic carbocycles. The van der Waals surface area contributed by atoms with Crippen LogP contribution in [0.1, 0.15) is 42.3 Å². The maximum absolute atomic E-state index is 12.4. The van der Waals surface area contributed by atoms with Gasteiger partial charge < -0.3 is 14.2 Å². The van der Waals surface area contributed by atoms with Gasteiger partial charge in [0.25, 0.3) is 0 Å². The van der Waals surface area contributed by atoms with Crippen LogP contribution in [0.25, 0.3) is 0 Å². The van der Waals surface area contributed by atoms with Crippen LogP contribution in [0.2, 0.25) is 0 Å². The minimum atomic E-state index is -0.282. The molecule has 2 aromatic rings. The van der Waals surface area contributed by atoms with Crippen LogP contribution < -0.4 is 14.2 Å². The molecule has 1 unspecified atom stereocenters. The van der Waals surface area contributed by atoms with E-state index in [2.05, 4.69) is 0 Å². The summed E-state index contributed by atoms with van der Waals surface area (Å²) < 4.78 is 16.9. The van der Waals surface area contributed by atoms with Crippen molar-refractivity contribution in [2.24, 2.45) is 0 Å². The van der Waals surface area contributed by atoms with Crippen LogP contribution >= 0.6 is 0 Å². The van der Waals surface area contributed by atoms with Crippen molar-refractivity contribution in [3.8, 4) is 17.2 Å². The monoisotopic (exact) mass is 312 g/mol. The van der Waals surface area contributed by atoms with Crippen molar-refractivity contribution < 1.29 is 19.0 Å². The number of carbonyl (C=O) groups excluding carboxylic acids is 1. The van der Waals surface area contributed by atoms with E-state index in [1.54, 1.807) is 19.2 Å². The third kappa shape index (κ3) is 3.31. The first-order chi connectivity index (χ1) is 11.1. The van der Waals surface area contributed by atoms with Gasteiger partial charge in [0.05, 0.1) is 25.2 Å². The number of hydrogen-bond donors (Lipinski definition) is 0. The molecule has 0 amide bonds. The highest BCUT2D eigenvalue weighted by Crippen LogP contribution is 2.37. The second-order valence-corrected chi connectivity index (χ2v) is 5.83.